The fourth-order valence-corrected chi connectivity index (χ4v) is 5.68. The second-order valence-electron chi connectivity index (χ2n) is 8.02. The van der Waals surface area contributed by atoms with Crippen LogP contribution in [-0.4, -0.2) is 11.2 Å². The Morgan fingerprint density at radius 3 is 2.58 bits per heavy atom. The highest BCUT2D eigenvalue weighted by molar-refractivity contribution is 8.00. The van der Waals surface area contributed by atoms with Crippen LogP contribution in [0.2, 0.25) is 5.02 Å². The molecule has 3 rings (SSSR count). The van der Waals surface area contributed by atoms with Crippen LogP contribution >= 0.6 is 23.4 Å². The van der Waals surface area contributed by atoms with E-state index in [1.165, 1.54) is 6.07 Å². The van der Waals surface area contributed by atoms with Crippen LogP contribution in [0, 0.1) is 46.5 Å². The van der Waals surface area contributed by atoms with Crippen LogP contribution < -0.4 is 5.32 Å². The molecule has 4 atom stereocenters. The van der Waals surface area contributed by atoms with Crippen LogP contribution in [0.25, 0.3) is 0 Å². The Morgan fingerprint density at radius 2 is 1.94 bits per heavy atom. The van der Waals surface area contributed by atoms with Gasteiger partial charge in [0.15, 0.2) is 17.5 Å². The van der Waals surface area contributed by atoms with Crippen molar-refractivity contribution in [1.29, 1.82) is 5.26 Å². The highest BCUT2D eigenvalue weighted by atomic mass is 35.5. The first-order valence-corrected chi connectivity index (χ1v) is 11.3. The monoisotopic (exact) mass is 466 g/mol. The third-order valence-corrected chi connectivity index (χ3v) is 7.75. The van der Waals surface area contributed by atoms with Crippen LogP contribution in [-0.2, 0) is 0 Å². The molecule has 4 unspecified atom stereocenters. The minimum atomic E-state index is -1.59. The SMILES string of the molecule is CC(C#N)CC1CCC(C)C1Sc1cc(C(=O)Nc2cc(F)c(F)c(F)c2)ccc1Cl. The van der Waals surface area contributed by atoms with E-state index in [9.17, 15) is 18.0 Å². The summed E-state index contributed by atoms with van der Waals surface area (Å²) >= 11 is 7.98. The maximum Gasteiger partial charge on any atom is 0.255 e. The maximum atomic E-state index is 13.4. The number of nitrogens with one attached hydrogen (secondary N) is 1. The molecule has 1 aliphatic rings. The highest BCUT2D eigenvalue weighted by Gasteiger charge is 2.35. The van der Waals surface area contributed by atoms with Crippen molar-refractivity contribution in [3.05, 3.63) is 58.4 Å². The van der Waals surface area contributed by atoms with Crippen LogP contribution in [0.5, 0.6) is 0 Å². The number of hydrogen-bond acceptors (Lipinski definition) is 3. The number of halogens is 4. The molecule has 0 heterocycles. The molecular formula is C23H22ClF3N2OS. The second kappa shape index (κ2) is 9.97. The summed E-state index contributed by atoms with van der Waals surface area (Å²) in [6, 6.07) is 8.52. The Morgan fingerprint density at radius 1 is 1.26 bits per heavy atom. The second-order valence-corrected chi connectivity index (χ2v) is 9.64. The molecular weight excluding hydrogens is 445 g/mol. The molecule has 1 amide bonds. The first kappa shape index (κ1) is 23.5. The van der Waals surface area contributed by atoms with Crippen molar-refractivity contribution in [2.75, 3.05) is 5.32 Å². The molecule has 2 aromatic rings. The molecule has 3 nitrogen and oxygen atoms in total. The Kier molecular flexibility index (Phi) is 7.55. The van der Waals surface area contributed by atoms with Crippen LogP contribution in [0.4, 0.5) is 18.9 Å². The standard InChI is InChI=1S/C23H22ClF3N2OS/c1-12(11-28)7-14-4-3-13(2)22(14)31-20-8-15(5-6-17(20)24)23(30)29-16-9-18(25)21(27)19(26)10-16/h5-6,8-10,12-14,22H,3-4,7H2,1-2H3,(H,29,30). The number of amides is 1. The zero-order valence-corrected chi connectivity index (χ0v) is 18.7. The summed E-state index contributed by atoms with van der Waals surface area (Å²) in [6.07, 6.45) is 2.93. The number of hydrogen-bond donors (Lipinski definition) is 1. The predicted octanol–water partition coefficient (Wildman–Crippen LogP) is 7.07. The van der Waals surface area contributed by atoms with Crippen molar-refractivity contribution in [3.8, 4) is 6.07 Å². The van der Waals surface area contributed by atoms with Crippen LogP contribution in [0.1, 0.15) is 43.5 Å². The third kappa shape index (κ3) is 5.55. The summed E-state index contributed by atoms with van der Waals surface area (Å²) in [7, 11) is 0. The van der Waals surface area contributed by atoms with E-state index in [0.29, 0.717) is 16.9 Å². The third-order valence-electron chi connectivity index (χ3n) is 5.59. The maximum absolute atomic E-state index is 13.4. The number of nitriles is 1. The van der Waals surface area contributed by atoms with E-state index in [0.717, 1.165) is 36.3 Å². The van der Waals surface area contributed by atoms with Crippen molar-refractivity contribution in [3.63, 3.8) is 0 Å². The molecule has 0 spiro atoms. The summed E-state index contributed by atoms with van der Waals surface area (Å²) in [5.41, 5.74) is 0.0881. The zero-order chi connectivity index (χ0) is 22.7. The first-order valence-electron chi connectivity index (χ1n) is 10.0. The van der Waals surface area contributed by atoms with Gasteiger partial charge in [0.05, 0.1) is 11.1 Å². The van der Waals surface area contributed by atoms with E-state index in [1.54, 1.807) is 23.9 Å². The Balaban J connectivity index is 1.78. The van der Waals surface area contributed by atoms with Gasteiger partial charge in [-0.05, 0) is 56.2 Å². The van der Waals surface area contributed by atoms with Gasteiger partial charge in [-0.15, -0.1) is 11.8 Å². The van der Waals surface area contributed by atoms with Crippen LogP contribution in [0.15, 0.2) is 35.2 Å². The molecule has 0 aliphatic heterocycles. The molecule has 1 N–H and O–H groups in total. The number of nitrogens with zero attached hydrogens (tertiary/aromatic N) is 1. The van der Waals surface area contributed by atoms with Gasteiger partial charge in [0.2, 0.25) is 0 Å². The number of thioether (sulfide) groups is 1. The number of carbonyl (C=O) groups excluding carboxylic acids is 1. The lowest BCUT2D eigenvalue weighted by Crippen LogP contribution is -2.18. The minimum Gasteiger partial charge on any atom is -0.322 e. The molecule has 1 aliphatic carbocycles. The van der Waals surface area contributed by atoms with E-state index in [-0.39, 0.29) is 22.4 Å². The largest absolute Gasteiger partial charge is 0.322 e. The topological polar surface area (TPSA) is 52.9 Å². The van der Waals surface area contributed by atoms with Gasteiger partial charge >= 0.3 is 0 Å². The smallest absolute Gasteiger partial charge is 0.255 e. The zero-order valence-electron chi connectivity index (χ0n) is 17.1. The molecule has 0 saturated heterocycles. The first-order chi connectivity index (χ1) is 14.7. The Bertz CT molecular complexity index is 1000. The molecule has 1 fully saturated rings. The molecule has 0 radical (unpaired) electrons. The number of anilines is 1. The van der Waals surface area contributed by atoms with Gasteiger partial charge in [-0.2, -0.15) is 5.26 Å². The van der Waals surface area contributed by atoms with E-state index >= 15 is 0 Å². The van der Waals surface area contributed by atoms with E-state index in [4.69, 9.17) is 16.9 Å². The Hall–Kier alpha value is -2.17. The fourth-order valence-electron chi connectivity index (χ4n) is 3.95. The van der Waals surface area contributed by atoms with Gasteiger partial charge in [0.25, 0.3) is 5.91 Å². The van der Waals surface area contributed by atoms with E-state index < -0.39 is 23.4 Å². The molecule has 0 aromatic heterocycles. The molecule has 31 heavy (non-hydrogen) atoms. The van der Waals surface area contributed by atoms with Crippen molar-refractivity contribution in [2.24, 2.45) is 17.8 Å². The van der Waals surface area contributed by atoms with Crippen molar-refractivity contribution < 1.29 is 18.0 Å². The number of rotatable bonds is 6. The van der Waals surface area contributed by atoms with E-state index in [1.807, 2.05) is 6.92 Å². The van der Waals surface area contributed by atoms with E-state index in [2.05, 4.69) is 18.3 Å². The minimum absolute atomic E-state index is 0.0255. The average molecular weight is 467 g/mol. The summed E-state index contributed by atoms with van der Waals surface area (Å²) in [6.45, 7) is 4.10. The Labute approximate surface area is 189 Å². The van der Waals surface area contributed by atoms with Gasteiger partial charge in [0, 0.05) is 39.4 Å². The summed E-state index contributed by atoms with van der Waals surface area (Å²) in [5.74, 6) is -4.13. The molecule has 0 bridgehead atoms. The lowest BCUT2D eigenvalue weighted by atomic mass is 9.94. The summed E-state index contributed by atoms with van der Waals surface area (Å²) in [4.78, 5) is 13.3. The lowest BCUT2D eigenvalue weighted by Gasteiger charge is -2.24. The molecule has 164 valence electrons. The highest BCUT2D eigenvalue weighted by Crippen LogP contribution is 2.46. The van der Waals surface area contributed by atoms with Gasteiger partial charge in [0.1, 0.15) is 0 Å². The van der Waals surface area contributed by atoms with Gasteiger partial charge < -0.3 is 5.32 Å². The van der Waals surface area contributed by atoms with Gasteiger partial charge in [-0.25, -0.2) is 13.2 Å². The normalized spacial score (nSPS) is 21.5. The van der Waals surface area contributed by atoms with Crippen LogP contribution in [0.3, 0.4) is 0 Å². The average Bonchev–Trinajstić information content (AvgIpc) is 3.06. The summed E-state index contributed by atoms with van der Waals surface area (Å²) in [5, 5.41) is 12.3. The quantitative estimate of drug-likeness (QED) is 0.463. The predicted molar refractivity (Wildman–Crippen MR) is 117 cm³/mol. The molecule has 8 heteroatoms. The lowest BCUT2D eigenvalue weighted by molar-refractivity contribution is 0.102. The fraction of sp³-hybridized carbons (Fsp3) is 0.391. The molecule has 2 aromatic carbocycles. The van der Waals surface area contributed by atoms with Gasteiger partial charge in [-0.1, -0.05) is 18.5 Å². The van der Waals surface area contributed by atoms with Gasteiger partial charge in [-0.3, -0.25) is 4.79 Å². The number of benzene rings is 2. The van der Waals surface area contributed by atoms with Crippen molar-refractivity contribution in [2.45, 2.75) is 43.3 Å². The summed E-state index contributed by atoms with van der Waals surface area (Å²) < 4.78 is 40.0. The number of carbonyl (C=O) groups is 1. The molecule has 1 saturated carbocycles. The van der Waals surface area contributed by atoms with Crippen molar-refractivity contribution in [1.82, 2.24) is 0 Å². The van der Waals surface area contributed by atoms with Crippen molar-refractivity contribution >= 4 is 35.0 Å².